The Kier molecular flexibility index (Phi) is 10.3. The first-order valence-corrected chi connectivity index (χ1v) is 15.0. The zero-order chi connectivity index (χ0) is 27.9. The Morgan fingerprint density at radius 1 is 0.947 bits per heavy atom. The van der Waals surface area contributed by atoms with Gasteiger partial charge in [-0.3, -0.25) is 13.9 Å². The third kappa shape index (κ3) is 7.57. The van der Waals surface area contributed by atoms with Gasteiger partial charge in [0.05, 0.1) is 10.6 Å². The maximum Gasteiger partial charge on any atom is 0.264 e. The van der Waals surface area contributed by atoms with Crippen molar-refractivity contribution >= 4 is 50.1 Å². The average molecular weight is 648 g/mol. The van der Waals surface area contributed by atoms with Crippen LogP contribution in [0.15, 0.2) is 83.8 Å². The minimum atomic E-state index is -4.06. The molecular weight excluding hydrogens is 613 g/mol. The number of amides is 2. The lowest BCUT2D eigenvalue weighted by Crippen LogP contribution is -2.53. The third-order valence-electron chi connectivity index (χ3n) is 5.98. The van der Waals surface area contributed by atoms with Gasteiger partial charge in [-0.15, -0.1) is 0 Å². The zero-order valence-corrected chi connectivity index (χ0v) is 25.1. The van der Waals surface area contributed by atoms with Gasteiger partial charge in [-0.25, -0.2) is 8.42 Å². The van der Waals surface area contributed by atoms with Gasteiger partial charge < -0.3 is 10.2 Å². The maximum absolute atomic E-state index is 14.0. The fraction of sp³-hybridized carbons (Fsp3) is 0.310. The van der Waals surface area contributed by atoms with Crippen LogP contribution < -0.4 is 9.62 Å². The largest absolute Gasteiger partial charge is 0.352 e. The number of hydrogen-bond acceptors (Lipinski definition) is 4. The van der Waals surface area contributed by atoms with Gasteiger partial charge in [0.2, 0.25) is 11.8 Å². The highest BCUT2D eigenvalue weighted by Crippen LogP contribution is 2.25. The van der Waals surface area contributed by atoms with Crippen molar-refractivity contribution in [2.24, 2.45) is 0 Å². The standard InChI is InChI=1S/C29H34IN3O4S/c1-5-27(29(35)31-21(2)3)32(19-23-11-9-10-22(4)18-23)28(34)20-33(25-16-14-24(30)15-17-25)38(36,37)26-12-7-6-8-13-26/h6-18,21,27H,5,19-20H2,1-4H3,(H,31,35)/t27-/m1/s1. The van der Waals surface area contributed by atoms with Crippen molar-refractivity contribution in [1.29, 1.82) is 0 Å². The quantitative estimate of drug-likeness (QED) is 0.293. The molecule has 0 radical (unpaired) electrons. The summed E-state index contributed by atoms with van der Waals surface area (Å²) in [5.41, 5.74) is 2.26. The average Bonchev–Trinajstić information content (AvgIpc) is 2.87. The summed E-state index contributed by atoms with van der Waals surface area (Å²) in [5.74, 6) is -0.731. The first-order chi connectivity index (χ1) is 18.0. The van der Waals surface area contributed by atoms with Gasteiger partial charge in [0.25, 0.3) is 10.0 Å². The van der Waals surface area contributed by atoms with E-state index >= 15 is 0 Å². The van der Waals surface area contributed by atoms with E-state index in [9.17, 15) is 18.0 Å². The minimum absolute atomic E-state index is 0.0844. The highest BCUT2D eigenvalue weighted by Gasteiger charge is 2.33. The van der Waals surface area contributed by atoms with E-state index in [-0.39, 0.29) is 23.4 Å². The van der Waals surface area contributed by atoms with E-state index in [1.807, 2.05) is 52.0 Å². The molecule has 0 aliphatic heterocycles. The Balaban J connectivity index is 2.05. The lowest BCUT2D eigenvalue weighted by molar-refractivity contribution is -0.140. The fourth-order valence-electron chi connectivity index (χ4n) is 4.16. The topological polar surface area (TPSA) is 86.8 Å². The molecule has 0 spiro atoms. The van der Waals surface area contributed by atoms with E-state index in [2.05, 4.69) is 27.9 Å². The summed E-state index contributed by atoms with van der Waals surface area (Å²) in [6.07, 6.45) is 0.380. The molecule has 9 heteroatoms. The fourth-order valence-corrected chi connectivity index (χ4v) is 5.96. The highest BCUT2D eigenvalue weighted by atomic mass is 127. The van der Waals surface area contributed by atoms with Crippen LogP contribution in [0.5, 0.6) is 0 Å². The highest BCUT2D eigenvalue weighted by molar-refractivity contribution is 14.1. The second-order valence-corrected chi connectivity index (χ2v) is 12.5. The smallest absolute Gasteiger partial charge is 0.264 e. The Morgan fingerprint density at radius 3 is 2.18 bits per heavy atom. The Morgan fingerprint density at radius 2 is 1.61 bits per heavy atom. The number of benzene rings is 3. The molecule has 0 saturated heterocycles. The van der Waals surface area contributed by atoms with E-state index in [1.54, 1.807) is 42.5 Å². The molecule has 0 aliphatic carbocycles. The molecular formula is C29H34IN3O4S. The summed E-state index contributed by atoms with van der Waals surface area (Å²) in [6, 6.07) is 21.9. The number of rotatable bonds is 11. The minimum Gasteiger partial charge on any atom is -0.352 e. The number of carbonyl (C=O) groups is 2. The van der Waals surface area contributed by atoms with Crippen molar-refractivity contribution in [3.05, 3.63) is 93.6 Å². The van der Waals surface area contributed by atoms with Gasteiger partial charge in [-0.2, -0.15) is 0 Å². The molecule has 0 heterocycles. The first kappa shape index (κ1) is 29.6. The number of sulfonamides is 1. The van der Waals surface area contributed by atoms with Crippen LogP contribution in [-0.2, 0) is 26.2 Å². The van der Waals surface area contributed by atoms with Crippen LogP contribution in [0.3, 0.4) is 0 Å². The second kappa shape index (κ2) is 13.2. The van der Waals surface area contributed by atoms with E-state index < -0.39 is 28.5 Å². The van der Waals surface area contributed by atoms with E-state index in [1.165, 1.54) is 17.0 Å². The van der Waals surface area contributed by atoms with Crippen molar-refractivity contribution in [3.8, 4) is 0 Å². The van der Waals surface area contributed by atoms with Crippen molar-refractivity contribution in [3.63, 3.8) is 0 Å². The Labute approximate surface area is 239 Å². The van der Waals surface area contributed by atoms with E-state index in [0.717, 1.165) is 19.0 Å². The molecule has 7 nitrogen and oxygen atoms in total. The second-order valence-electron chi connectivity index (χ2n) is 9.40. The van der Waals surface area contributed by atoms with Gasteiger partial charge >= 0.3 is 0 Å². The molecule has 1 N–H and O–H groups in total. The lowest BCUT2D eigenvalue weighted by atomic mass is 10.1. The van der Waals surface area contributed by atoms with Crippen LogP contribution in [0, 0.1) is 10.5 Å². The molecule has 38 heavy (non-hydrogen) atoms. The van der Waals surface area contributed by atoms with E-state index in [0.29, 0.717) is 12.1 Å². The Hall–Kier alpha value is -2.92. The molecule has 3 aromatic rings. The summed E-state index contributed by atoms with van der Waals surface area (Å²) in [4.78, 5) is 28.7. The van der Waals surface area contributed by atoms with Gasteiger partial charge in [-0.1, -0.05) is 55.0 Å². The number of hydrogen-bond donors (Lipinski definition) is 1. The monoisotopic (exact) mass is 647 g/mol. The molecule has 0 saturated carbocycles. The van der Waals surface area contributed by atoms with Gasteiger partial charge in [0.15, 0.2) is 0 Å². The number of halogens is 1. The number of nitrogens with zero attached hydrogens (tertiary/aromatic N) is 2. The summed E-state index contributed by atoms with van der Waals surface area (Å²) in [7, 11) is -4.06. The van der Waals surface area contributed by atoms with Crippen LogP contribution in [0.1, 0.15) is 38.3 Å². The molecule has 202 valence electrons. The molecule has 3 rings (SSSR count). The third-order valence-corrected chi connectivity index (χ3v) is 8.48. The summed E-state index contributed by atoms with van der Waals surface area (Å²) >= 11 is 2.15. The van der Waals surface area contributed by atoms with Crippen molar-refractivity contribution in [1.82, 2.24) is 10.2 Å². The van der Waals surface area contributed by atoms with Crippen LogP contribution in [0.2, 0.25) is 0 Å². The summed E-state index contributed by atoms with van der Waals surface area (Å²) in [5, 5.41) is 2.91. The van der Waals surface area contributed by atoms with Crippen LogP contribution >= 0.6 is 22.6 Å². The molecule has 2 amide bonds. The van der Waals surface area contributed by atoms with Crippen LogP contribution in [0.4, 0.5) is 5.69 Å². The van der Waals surface area contributed by atoms with Gasteiger partial charge in [0, 0.05) is 16.2 Å². The normalized spacial score (nSPS) is 12.2. The summed E-state index contributed by atoms with van der Waals surface area (Å²) in [6.45, 7) is 7.26. The van der Waals surface area contributed by atoms with E-state index in [4.69, 9.17) is 0 Å². The number of nitrogens with one attached hydrogen (secondary N) is 1. The maximum atomic E-state index is 14.0. The Bertz CT molecular complexity index is 1350. The first-order valence-electron chi connectivity index (χ1n) is 12.5. The molecule has 0 fully saturated rings. The SMILES string of the molecule is CC[C@H](C(=O)NC(C)C)N(Cc1cccc(C)c1)C(=O)CN(c1ccc(I)cc1)S(=O)(=O)c1ccccc1. The lowest BCUT2D eigenvalue weighted by Gasteiger charge is -2.33. The molecule has 0 bridgehead atoms. The van der Waals surface area contributed by atoms with Crippen LogP contribution in [0.25, 0.3) is 0 Å². The predicted molar refractivity (Wildman–Crippen MR) is 159 cm³/mol. The molecule has 0 unspecified atom stereocenters. The summed E-state index contributed by atoms with van der Waals surface area (Å²) < 4.78 is 29.6. The molecule has 3 aromatic carbocycles. The number of aryl methyl sites for hydroxylation is 1. The zero-order valence-electron chi connectivity index (χ0n) is 22.1. The van der Waals surface area contributed by atoms with Crippen LogP contribution in [-0.4, -0.2) is 43.8 Å². The van der Waals surface area contributed by atoms with Crippen molar-refractivity contribution in [2.75, 3.05) is 10.8 Å². The molecule has 0 aromatic heterocycles. The van der Waals surface area contributed by atoms with Crippen molar-refractivity contribution in [2.45, 2.75) is 57.6 Å². The molecule has 1 atom stereocenters. The van der Waals surface area contributed by atoms with Crippen molar-refractivity contribution < 1.29 is 18.0 Å². The molecule has 0 aliphatic rings. The number of carbonyl (C=O) groups excluding carboxylic acids is 2. The van der Waals surface area contributed by atoms with Gasteiger partial charge in [-0.05, 0) is 91.7 Å². The van der Waals surface area contributed by atoms with Gasteiger partial charge in [0.1, 0.15) is 12.6 Å². The predicted octanol–water partition coefficient (Wildman–Crippen LogP) is 5.13. The number of anilines is 1.